The van der Waals surface area contributed by atoms with Gasteiger partial charge in [-0.2, -0.15) is 0 Å². The van der Waals surface area contributed by atoms with Gasteiger partial charge in [0.25, 0.3) is 0 Å². The van der Waals surface area contributed by atoms with E-state index in [0.717, 1.165) is 31.7 Å². The molecule has 0 unspecified atom stereocenters. The zero-order valence-corrected chi connectivity index (χ0v) is 10.7. The first kappa shape index (κ1) is 13.2. The summed E-state index contributed by atoms with van der Waals surface area (Å²) < 4.78 is 26.3. The van der Waals surface area contributed by atoms with Crippen LogP contribution in [0.1, 0.15) is 38.2 Å². The van der Waals surface area contributed by atoms with Gasteiger partial charge in [0, 0.05) is 18.1 Å². The van der Waals surface area contributed by atoms with Gasteiger partial charge in [-0.3, -0.25) is 0 Å². The van der Waals surface area contributed by atoms with Gasteiger partial charge in [-0.05, 0) is 28.4 Å². The molecule has 0 nitrogen and oxygen atoms in total. The minimum absolute atomic E-state index is 0.233. The Morgan fingerprint density at radius 1 is 1.25 bits per heavy atom. The van der Waals surface area contributed by atoms with Crippen molar-refractivity contribution in [1.29, 1.82) is 0 Å². The molecule has 1 rings (SSSR count). The molecule has 0 saturated heterocycles. The van der Waals surface area contributed by atoms with Crippen molar-refractivity contribution in [2.45, 2.75) is 32.6 Å². The molecule has 1 aromatic rings. The highest BCUT2D eigenvalue weighted by molar-refractivity contribution is 9.10. The number of rotatable bonds is 3. The van der Waals surface area contributed by atoms with Gasteiger partial charge in [0.05, 0.1) is 4.47 Å². The average molecular weight is 287 g/mol. The van der Waals surface area contributed by atoms with Crippen LogP contribution < -0.4 is 0 Å². The fourth-order valence-electron chi connectivity index (χ4n) is 1.27. The fraction of sp³-hybridized carbons (Fsp3) is 0.385. The molecule has 0 atom stereocenters. The van der Waals surface area contributed by atoms with Crippen molar-refractivity contribution in [3.05, 3.63) is 33.8 Å². The van der Waals surface area contributed by atoms with Crippen molar-refractivity contribution in [3.8, 4) is 11.8 Å². The van der Waals surface area contributed by atoms with Crippen LogP contribution in [0.2, 0.25) is 0 Å². The molecule has 0 aliphatic carbocycles. The first-order valence-electron chi connectivity index (χ1n) is 5.28. The number of hydrogen-bond donors (Lipinski definition) is 0. The van der Waals surface area contributed by atoms with Crippen LogP contribution in [0.4, 0.5) is 8.78 Å². The van der Waals surface area contributed by atoms with Crippen molar-refractivity contribution in [2.24, 2.45) is 0 Å². The van der Waals surface area contributed by atoms with E-state index in [-0.39, 0.29) is 4.47 Å². The monoisotopic (exact) mass is 286 g/mol. The van der Waals surface area contributed by atoms with E-state index >= 15 is 0 Å². The molecule has 0 aliphatic heterocycles. The van der Waals surface area contributed by atoms with Gasteiger partial charge in [0.1, 0.15) is 11.6 Å². The van der Waals surface area contributed by atoms with E-state index in [0.29, 0.717) is 5.56 Å². The molecular formula is C13H13BrF2. The molecule has 0 aromatic heterocycles. The van der Waals surface area contributed by atoms with Gasteiger partial charge >= 0.3 is 0 Å². The quantitative estimate of drug-likeness (QED) is 0.431. The maximum Gasteiger partial charge on any atom is 0.141 e. The van der Waals surface area contributed by atoms with E-state index in [9.17, 15) is 8.78 Å². The van der Waals surface area contributed by atoms with Crippen LogP contribution in [0.15, 0.2) is 16.6 Å². The SMILES string of the molecule is CCCCCC#Cc1cc(F)cc(F)c1Br. The Labute approximate surface area is 103 Å². The molecule has 0 spiro atoms. The van der Waals surface area contributed by atoms with E-state index in [1.807, 2.05) is 0 Å². The summed E-state index contributed by atoms with van der Waals surface area (Å²) >= 11 is 3.05. The molecule has 0 bridgehead atoms. The van der Waals surface area contributed by atoms with Crippen molar-refractivity contribution < 1.29 is 8.78 Å². The Morgan fingerprint density at radius 3 is 2.69 bits per heavy atom. The molecule has 0 N–H and O–H groups in total. The van der Waals surface area contributed by atoms with E-state index < -0.39 is 11.6 Å². The molecule has 86 valence electrons. The van der Waals surface area contributed by atoms with Crippen LogP contribution in [0, 0.1) is 23.5 Å². The fourth-order valence-corrected chi connectivity index (χ4v) is 1.60. The molecular weight excluding hydrogens is 274 g/mol. The topological polar surface area (TPSA) is 0 Å². The number of halogens is 3. The van der Waals surface area contributed by atoms with Gasteiger partial charge in [-0.15, -0.1) is 0 Å². The second-order valence-corrected chi connectivity index (χ2v) is 4.30. The van der Waals surface area contributed by atoms with E-state index in [4.69, 9.17) is 0 Å². The number of hydrogen-bond acceptors (Lipinski definition) is 0. The third-order valence-electron chi connectivity index (χ3n) is 2.12. The zero-order valence-electron chi connectivity index (χ0n) is 9.12. The Morgan fingerprint density at radius 2 is 2.00 bits per heavy atom. The Kier molecular flexibility index (Phi) is 5.48. The Bertz CT molecular complexity index is 416. The van der Waals surface area contributed by atoms with Gasteiger partial charge in [0.15, 0.2) is 0 Å². The largest absolute Gasteiger partial charge is 0.207 e. The summed E-state index contributed by atoms with van der Waals surface area (Å²) in [5.41, 5.74) is 0.369. The van der Waals surface area contributed by atoms with Crippen molar-refractivity contribution >= 4 is 15.9 Å². The van der Waals surface area contributed by atoms with Crippen molar-refractivity contribution in [3.63, 3.8) is 0 Å². The molecule has 0 aliphatic rings. The van der Waals surface area contributed by atoms with Gasteiger partial charge < -0.3 is 0 Å². The second kappa shape index (κ2) is 6.65. The summed E-state index contributed by atoms with van der Waals surface area (Å²) in [6.07, 6.45) is 4.06. The Hall–Kier alpha value is -0.880. The van der Waals surface area contributed by atoms with E-state index in [1.165, 1.54) is 6.07 Å². The molecule has 3 heteroatoms. The van der Waals surface area contributed by atoms with Gasteiger partial charge in [-0.1, -0.05) is 31.6 Å². The van der Waals surface area contributed by atoms with E-state index in [1.54, 1.807) is 0 Å². The summed E-state index contributed by atoms with van der Waals surface area (Å²) in [4.78, 5) is 0. The lowest BCUT2D eigenvalue weighted by molar-refractivity contribution is 0.578. The number of unbranched alkanes of at least 4 members (excludes halogenated alkanes) is 3. The van der Waals surface area contributed by atoms with Gasteiger partial charge in [-0.25, -0.2) is 8.78 Å². The molecule has 0 radical (unpaired) electrons. The molecule has 0 fully saturated rings. The van der Waals surface area contributed by atoms with Gasteiger partial charge in [0.2, 0.25) is 0 Å². The average Bonchev–Trinajstić information content (AvgIpc) is 2.24. The van der Waals surface area contributed by atoms with Crippen LogP contribution in [0.5, 0.6) is 0 Å². The maximum atomic E-state index is 13.1. The zero-order chi connectivity index (χ0) is 12.0. The molecule has 0 heterocycles. The second-order valence-electron chi connectivity index (χ2n) is 3.51. The summed E-state index contributed by atoms with van der Waals surface area (Å²) in [7, 11) is 0. The van der Waals surface area contributed by atoms with Crippen LogP contribution in [0.25, 0.3) is 0 Å². The summed E-state index contributed by atoms with van der Waals surface area (Å²) in [5, 5.41) is 0. The minimum atomic E-state index is -0.613. The van der Waals surface area contributed by atoms with Crippen LogP contribution >= 0.6 is 15.9 Å². The lowest BCUT2D eigenvalue weighted by Crippen LogP contribution is -1.87. The highest BCUT2D eigenvalue weighted by Gasteiger charge is 2.06. The first-order valence-corrected chi connectivity index (χ1v) is 6.08. The molecule has 16 heavy (non-hydrogen) atoms. The normalized spacial score (nSPS) is 9.75. The Balaban J connectivity index is 2.73. The van der Waals surface area contributed by atoms with Crippen molar-refractivity contribution in [2.75, 3.05) is 0 Å². The molecule has 0 saturated carbocycles. The van der Waals surface area contributed by atoms with Crippen molar-refractivity contribution in [1.82, 2.24) is 0 Å². The maximum absolute atomic E-state index is 13.1. The highest BCUT2D eigenvalue weighted by Crippen LogP contribution is 2.21. The third-order valence-corrected chi connectivity index (χ3v) is 2.93. The summed E-state index contributed by atoms with van der Waals surface area (Å²) in [6, 6.07) is 2.08. The molecule has 0 amide bonds. The highest BCUT2D eigenvalue weighted by atomic mass is 79.9. The first-order chi connectivity index (χ1) is 7.65. The minimum Gasteiger partial charge on any atom is -0.207 e. The summed E-state index contributed by atoms with van der Waals surface area (Å²) in [6.45, 7) is 2.12. The predicted octanol–water partition coefficient (Wildman–Crippen LogP) is 4.66. The summed E-state index contributed by atoms with van der Waals surface area (Å²) in [5.74, 6) is 4.48. The van der Waals surface area contributed by atoms with E-state index in [2.05, 4.69) is 34.7 Å². The smallest absolute Gasteiger partial charge is 0.141 e. The molecule has 1 aromatic carbocycles. The predicted molar refractivity (Wildman–Crippen MR) is 65.1 cm³/mol. The van der Waals surface area contributed by atoms with Crippen LogP contribution in [-0.4, -0.2) is 0 Å². The number of benzene rings is 1. The third kappa shape index (κ3) is 3.94. The lowest BCUT2D eigenvalue weighted by atomic mass is 10.2. The van der Waals surface area contributed by atoms with Crippen LogP contribution in [0.3, 0.4) is 0 Å². The standard InChI is InChI=1S/C13H13BrF2/c1-2-3-4-5-6-7-10-8-11(15)9-12(16)13(10)14/h8-9H,2-5H2,1H3. The lowest BCUT2D eigenvalue weighted by Gasteiger charge is -1.98. The van der Waals surface area contributed by atoms with Crippen LogP contribution in [-0.2, 0) is 0 Å².